The normalized spacial score (nSPS) is 17.9. The summed E-state index contributed by atoms with van der Waals surface area (Å²) >= 11 is 0. The summed E-state index contributed by atoms with van der Waals surface area (Å²) in [6.07, 6.45) is 2.72. The van der Waals surface area contributed by atoms with E-state index in [9.17, 15) is 13.2 Å². The number of nitrogens with one attached hydrogen (secondary N) is 1. The number of pyridine rings is 1. The quantitative estimate of drug-likeness (QED) is 0.850. The molecule has 1 aromatic rings. The van der Waals surface area contributed by atoms with Gasteiger partial charge in [-0.05, 0) is 25.5 Å². The average molecular weight is 270 g/mol. The van der Waals surface area contributed by atoms with E-state index in [1.807, 2.05) is 0 Å². The van der Waals surface area contributed by atoms with Gasteiger partial charge < -0.3 is 4.74 Å². The maximum Gasteiger partial charge on any atom is 0.265 e. The second kappa shape index (κ2) is 4.33. The van der Waals surface area contributed by atoms with Crippen molar-refractivity contribution >= 4 is 15.9 Å². The number of hydrogen-bond acceptors (Lipinski definition) is 5. The lowest BCUT2D eigenvalue weighted by Crippen LogP contribution is -2.53. The second-order valence-electron chi connectivity index (χ2n) is 4.63. The molecule has 1 N–H and O–H groups in total. The highest BCUT2D eigenvalue weighted by atomic mass is 32.2. The summed E-state index contributed by atoms with van der Waals surface area (Å²) in [5, 5.41) is 0. The van der Waals surface area contributed by atoms with Crippen molar-refractivity contribution in [2.75, 3.05) is 13.2 Å². The third kappa shape index (κ3) is 2.23. The van der Waals surface area contributed by atoms with Crippen LogP contribution >= 0.6 is 0 Å². The van der Waals surface area contributed by atoms with Crippen LogP contribution < -0.4 is 4.72 Å². The highest BCUT2D eigenvalue weighted by Crippen LogP contribution is 2.27. The topological polar surface area (TPSA) is 85.4 Å². The Balaban J connectivity index is 2.23. The first-order chi connectivity index (χ1) is 8.35. The SMILES string of the molecule is Cc1ccncc1S(=O)(=O)NC(=O)C1(C)COC1. The Hall–Kier alpha value is -1.47. The summed E-state index contributed by atoms with van der Waals surface area (Å²) in [7, 11) is -3.87. The number of nitrogens with zero attached hydrogens (tertiary/aromatic N) is 1. The molecule has 0 unspecified atom stereocenters. The van der Waals surface area contributed by atoms with Gasteiger partial charge in [-0.2, -0.15) is 0 Å². The number of carbonyl (C=O) groups is 1. The van der Waals surface area contributed by atoms with Gasteiger partial charge in [0.25, 0.3) is 10.0 Å². The molecule has 0 radical (unpaired) electrons. The molecule has 1 aliphatic rings. The average Bonchev–Trinajstić information content (AvgIpc) is 2.25. The van der Waals surface area contributed by atoms with Crippen LogP contribution in [0.2, 0.25) is 0 Å². The van der Waals surface area contributed by atoms with Crippen LogP contribution in [-0.2, 0) is 19.6 Å². The number of aryl methyl sites for hydroxylation is 1. The molecule has 2 heterocycles. The number of ether oxygens (including phenoxy) is 1. The van der Waals surface area contributed by atoms with Crippen LogP contribution in [0, 0.1) is 12.3 Å². The van der Waals surface area contributed by atoms with Crippen LogP contribution in [0.1, 0.15) is 12.5 Å². The van der Waals surface area contributed by atoms with Gasteiger partial charge in [0.1, 0.15) is 4.90 Å². The largest absolute Gasteiger partial charge is 0.379 e. The Morgan fingerprint density at radius 3 is 2.67 bits per heavy atom. The Morgan fingerprint density at radius 1 is 1.50 bits per heavy atom. The number of amides is 1. The molecule has 0 atom stereocenters. The zero-order valence-corrected chi connectivity index (χ0v) is 11.0. The minimum atomic E-state index is -3.87. The molecule has 0 bridgehead atoms. The highest BCUT2D eigenvalue weighted by molar-refractivity contribution is 7.90. The molecule has 98 valence electrons. The molecule has 0 saturated carbocycles. The van der Waals surface area contributed by atoms with Crippen LogP contribution in [0.15, 0.2) is 23.4 Å². The minimum Gasteiger partial charge on any atom is -0.379 e. The van der Waals surface area contributed by atoms with Crippen molar-refractivity contribution in [1.82, 2.24) is 9.71 Å². The van der Waals surface area contributed by atoms with Crippen LogP contribution in [0.3, 0.4) is 0 Å². The summed E-state index contributed by atoms with van der Waals surface area (Å²) < 4.78 is 31.1. The maximum atomic E-state index is 12.0. The highest BCUT2D eigenvalue weighted by Gasteiger charge is 2.42. The first kappa shape index (κ1) is 13.0. The molecule has 1 aromatic heterocycles. The van der Waals surface area contributed by atoms with Crippen LogP contribution in [0.5, 0.6) is 0 Å². The smallest absolute Gasteiger partial charge is 0.265 e. The van der Waals surface area contributed by atoms with Gasteiger partial charge in [0, 0.05) is 12.4 Å². The predicted molar refractivity (Wildman–Crippen MR) is 63.2 cm³/mol. The number of rotatable bonds is 3. The number of hydrogen-bond donors (Lipinski definition) is 1. The van der Waals surface area contributed by atoms with E-state index in [2.05, 4.69) is 9.71 Å². The number of aromatic nitrogens is 1. The lowest BCUT2D eigenvalue weighted by molar-refractivity contribution is -0.155. The van der Waals surface area contributed by atoms with Gasteiger partial charge in [0.15, 0.2) is 0 Å². The second-order valence-corrected chi connectivity index (χ2v) is 6.28. The fourth-order valence-electron chi connectivity index (χ4n) is 1.57. The van der Waals surface area contributed by atoms with E-state index in [-0.39, 0.29) is 18.1 Å². The molecule has 1 amide bonds. The molecule has 0 spiro atoms. The van der Waals surface area contributed by atoms with Gasteiger partial charge in [-0.3, -0.25) is 9.78 Å². The molecular weight excluding hydrogens is 256 g/mol. The predicted octanol–water partition coefficient (Wildman–Crippen LogP) is 0.231. The first-order valence-electron chi connectivity index (χ1n) is 5.41. The summed E-state index contributed by atoms with van der Waals surface area (Å²) in [4.78, 5) is 15.6. The Bertz CT molecular complexity index is 578. The van der Waals surface area contributed by atoms with E-state index < -0.39 is 21.3 Å². The molecular formula is C11H14N2O4S. The fourth-order valence-corrected chi connectivity index (χ4v) is 2.86. The first-order valence-corrected chi connectivity index (χ1v) is 6.89. The van der Waals surface area contributed by atoms with Crippen LogP contribution in [0.4, 0.5) is 0 Å². The van der Waals surface area contributed by atoms with E-state index in [1.54, 1.807) is 19.9 Å². The van der Waals surface area contributed by atoms with E-state index >= 15 is 0 Å². The van der Waals surface area contributed by atoms with Gasteiger partial charge in [0.05, 0.1) is 18.6 Å². The molecule has 1 saturated heterocycles. The third-order valence-electron chi connectivity index (χ3n) is 2.90. The summed E-state index contributed by atoms with van der Waals surface area (Å²) in [6, 6.07) is 1.58. The molecule has 2 rings (SSSR count). The standard InChI is InChI=1S/C11H14N2O4S/c1-8-3-4-12-5-9(8)18(15,16)13-10(14)11(2)6-17-7-11/h3-5H,6-7H2,1-2H3,(H,13,14). The molecule has 1 aliphatic heterocycles. The third-order valence-corrected chi connectivity index (χ3v) is 4.36. The Labute approximate surface area is 105 Å². The summed E-state index contributed by atoms with van der Waals surface area (Å²) in [6.45, 7) is 3.78. The van der Waals surface area contributed by atoms with Crippen molar-refractivity contribution in [3.05, 3.63) is 24.0 Å². The van der Waals surface area contributed by atoms with Crippen molar-refractivity contribution < 1.29 is 17.9 Å². The Morgan fingerprint density at radius 2 is 2.17 bits per heavy atom. The summed E-state index contributed by atoms with van der Waals surface area (Å²) in [5.74, 6) is -0.544. The van der Waals surface area contributed by atoms with E-state index in [1.165, 1.54) is 12.4 Å². The molecule has 1 fully saturated rings. The summed E-state index contributed by atoms with van der Waals surface area (Å²) in [5.41, 5.74) is -0.219. The monoisotopic (exact) mass is 270 g/mol. The van der Waals surface area contributed by atoms with Crippen molar-refractivity contribution in [2.45, 2.75) is 18.7 Å². The zero-order valence-electron chi connectivity index (χ0n) is 10.1. The van der Waals surface area contributed by atoms with Gasteiger partial charge in [-0.1, -0.05) is 0 Å². The maximum absolute atomic E-state index is 12.0. The van der Waals surface area contributed by atoms with E-state index in [0.29, 0.717) is 5.56 Å². The lowest BCUT2D eigenvalue weighted by atomic mass is 9.88. The molecule has 18 heavy (non-hydrogen) atoms. The minimum absolute atomic E-state index is 0.0159. The van der Waals surface area contributed by atoms with Gasteiger partial charge >= 0.3 is 0 Å². The van der Waals surface area contributed by atoms with Crippen LogP contribution in [0.25, 0.3) is 0 Å². The van der Waals surface area contributed by atoms with Crippen LogP contribution in [-0.4, -0.2) is 32.5 Å². The van der Waals surface area contributed by atoms with Crippen molar-refractivity contribution in [3.8, 4) is 0 Å². The van der Waals surface area contributed by atoms with Gasteiger partial charge in [-0.25, -0.2) is 13.1 Å². The molecule has 7 heteroatoms. The van der Waals surface area contributed by atoms with Gasteiger partial charge in [-0.15, -0.1) is 0 Å². The van der Waals surface area contributed by atoms with E-state index in [0.717, 1.165) is 0 Å². The van der Waals surface area contributed by atoms with Crippen molar-refractivity contribution in [2.24, 2.45) is 5.41 Å². The molecule has 0 aliphatic carbocycles. The van der Waals surface area contributed by atoms with Crippen molar-refractivity contribution in [1.29, 1.82) is 0 Å². The number of carbonyl (C=O) groups excluding carboxylic acids is 1. The Kier molecular flexibility index (Phi) is 3.12. The van der Waals surface area contributed by atoms with Gasteiger partial charge in [0.2, 0.25) is 5.91 Å². The molecule has 0 aromatic carbocycles. The number of sulfonamides is 1. The van der Waals surface area contributed by atoms with Crippen molar-refractivity contribution in [3.63, 3.8) is 0 Å². The fraction of sp³-hybridized carbons (Fsp3) is 0.455. The van der Waals surface area contributed by atoms with E-state index in [4.69, 9.17) is 4.74 Å². The lowest BCUT2D eigenvalue weighted by Gasteiger charge is -2.35. The zero-order chi connectivity index (χ0) is 13.4. The molecule has 6 nitrogen and oxygen atoms in total.